The standard InChI is InChI=1S/C17H27NO5S/c1-14-6-8-15(9-7-14)24(19,20)18-12-4-10-17(11-5-13-23-17)16(21-2)22-3/h6-9,16,18H,4-5,10-13H2,1-3H3. The minimum Gasteiger partial charge on any atom is -0.370 e. The molecule has 1 aliphatic rings. The Hall–Kier alpha value is -0.990. The van der Waals surface area contributed by atoms with Crippen LogP contribution in [-0.2, 0) is 24.2 Å². The molecule has 24 heavy (non-hydrogen) atoms. The van der Waals surface area contributed by atoms with E-state index in [0.717, 1.165) is 18.4 Å². The summed E-state index contributed by atoms with van der Waals surface area (Å²) in [6, 6.07) is 6.81. The van der Waals surface area contributed by atoms with Crippen molar-refractivity contribution in [2.45, 2.75) is 49.4 Å². The van der Waals surface area contributed by atoms with Gasteiger partial charge in [0.1, 0.15) is 5.60 Å². The number of aryl methyl sites for hydroxylation is 1. The van der Waals surface area contributed by atoms with E-state index in [4.69, 9.17) is 14.2 Å². The van der Waals surface area contributed by atoms with Gasteiger partial charge in [-0.1, -0.05) is 17.7 Å². The lowest BCUT2D eigenvalue weighted by atomic mass is 9.93. The van der Waals surface area contributed by atoms with Crippen LogP contribution in [0.1, 0.15) is 31.2 Å². The van der Waals surface area contributed by atoms with Crippen molar-refractivity contribution in [3.63, 3.8) is 0 Å². The van der Waals surface area contributed by atoms with Gasteiger partial charge in [-0.3, -0.25) is 0 Å². The van der Waals surface area contributed by atoms with Gasteiger partial charge in [0.2, 0.25) is 10.0 Å². The number of rotatable bonds is 9. The van der Waals surface area contributed by atoms with Crippen LogP contribution < -0.4 is 4.72 Å². The number of hydrogen-bond acceptors (Lipinski definition) is 5. The highest BCUT2D eigenvalue weighted by Crippen LogP contribution is 2.35. The highest BCUT2D eigenvalue weighted by Gasteiger charge is 2.43. The molecule has 0 saturated carbocycles. The minimum absolute atomic E-state index is 0.284. The van der Waals surface area contributed by atoms with Crippen molar-refractivity contribution in [3.05, 3.63) is 29.8 Å². The Kier molecular flexibility index (Phi) is 6.77. The summed E-state index contributed by atoms with van der Waals surface area (Å²) in [5.41, 5.74) is 0.540. The lowest BCUT2D eigenvalue weighted by Gasteiger charge is -2.34. The molecule has 0 amide bonds. The van der Waals surface area contributed by atoms with Gasteiger partial charge in [-0.25, -0.2) is 13.1 Å². The molecular formula is C17H27NO5S. The number of benzene rings is 1. The van der Waals surface area contributed by atoms with Crippen LogP contribution in [0.25, 0.3) is 0 Å². The van der Waals surface area contributed by atoms with E-state index >= 15 is 0 Å². The first-order valence-electron chi connectivity index (χ1n) is 8.19. The molecule has 7 heteroatoms. The summed E-state index contributed by atoms with van der Waals surface area (Å²) in [6.45, 7) is 2.95. The number of nitrogens with one attached hydrogen (secondary N) is 1. The molecule has 1 aromatic carbocycles. The summed E-state index contributed by atoms with van der Waals surface area (Å²) in [5.74, 6) is 0. The van der Waals surface area contributed by atoms with Gasteiger partial charge in [0.05, 0.1) is 4.90 Å². The number of hydrogen-bond donors (Lipinski definition) is 1. The van der Waals surface area contributed by atoms with Crippen molar-refractivity contribution in [2.24, 2.45) is 0 Å². The molecule has 1 heterocycles. The van der Waals surface area contributed by atoms with Gasteiger partial charge in [-0.2, -0.15) is 0 Å². The summed E-state index contributed by atoms with van der Waals surface area (Å²) in [6.07, 6.45) is 2.70. The molecule has 1 fully saturated rings. The normalized spacial score (nSPS) is 21.5. The molecule has 1 unspecified atom stereocenters. The zero-order chi connectivity index (χ0) is 17.6. The topological polar surface area (TPSA) is 73.9 Å². The van der Waals surface area contributed by atoms with Gasteiger partial charge >= 0.3 is 0 Å². The molecule has 2 rings (SSSR count). The molecular weight excluding hydrogens is 330 g/mol. The number of ether oxygens (including phenoxy) is 3. The van der Waals surface area contributed by atoms with Crippen LogP contribution in [0, 0.1) is 6.92 Å². The summed E-state index contributed by atoms with van der Waals surface area (Å²) >= 11 is 0. The summed E-state index contributed by atoms with van der Waals surface area (Å²) < 4.78 is 43.8. The van der Waals surface area contributed by atoms with Crippen molar-refractivity contribution in [1.29, 1.82) is 0 Å². The molecule has 136 valence electrons. The average Bonchev–Trinajstić information content (AvgIpc) is 3.03. The van der Waals surface area contributed by atoms with Crippen LogP contribution in [-0.4, -0.2) is 47.7 Å². The second-order valence-electron chi connectivity index (χ2n) is 6.13. The van der Waals surface area contributed by atoms with Crippen LogP contribution in [0.3, 0.4) is 0 Å². The maximum atomic E-state index is 12.3. The molecule has 1 atom stereocenters. The fourth-order valence-electron chi connectivity index (χ4n) is 3.14. The molecule has 6 nitrogen and oxygen atoms in total. The largest absolute Gasteiger partial charge is 0.370 e. The van der Waals surface area contributed by atoms with E-state index in [1.807, 2.05) is 6.92 Å². The van der Waals surface area contributed by atoms with Crippen LogP contribution in [0.15, 0.2) is 29.2 Å². The average molecular weight is 357 g/mol. The third-order valence-electron chi connectivity index (χ3n) is 4.39. The van der Waals surface area contributed by atoms with E-state index in [9.17, 15) is 8.42 Å². The quantitative estimate of drug-likeness (QED) is 0.542. The molecule has 1 saturated heterocycles. The molecule has 0 aromatic heterocycles. The van der Waals surface area contributed by atoms with Gasteiger partial charge in [-0.15, -0.1) is 0 Å². The van der Waals surface area contributed by atoms with Crippen LogP contribution in [0.4, 0.5) is 0 Å². The summed E-state index contributed by atoms with van der Waals surface area (Å²) in [5, 5.41) is 0. The van der Waals surface area contributed by atoms with E-state index in [-0.39, 0.29) is 4.90 Å². The molecule has 1 aromatic rings. The van der Waals surface area contributed by atoms with Crippen LogP contribution >= 0.6 is 0 Å². The summed E-state index contributed by atoms with van der Waals surface area (Å²) in [4.78, 5) is 0.284. The monoisotopic (exact) mass is 357 g/mol. The SMILES string of the molecule is COC(OC)C1(CCCNS(=O)(=O)c2ccc(C)cc2)CCCO1. The maximum Gasteiger partial charge on any atom is 0.240 e. The third kappa shape index (κ3) is 4.55. The van der Waals surface area contributed by atoms with E-state index in [1.165, 1.54) is 0 Å². The molecule has 0 aliphatic carbocycles. The fraction of sp³-hybridized carbons (Fsp3) is 0.647. The first kappa shape index (κ1) is 19.3. The van der Waals surface area contributed by atoms with Crippen molar-refractivity contribution in [1.82, 2.24) is 4.72 Å². The Labute approximate surface area is 144 Å². The van der Waals surface area contributed by atoms with E-state index < -0.39 is 21.9 Å². The van der Waals surface area contributed by atoms with Gasteiger partial charge in [0, 0.05) is 27.4 Å². The van der Waals surface area contributed by atoms with Gasteiger partial charge in [-0.05, 0) is 44.7 Å². The lowest BCUT2D eigenvalue weighted by molar-refractivity contribution is -0.221. The van der Waals surface area contributed by atoms with Crippen molar-refractivity contribution < 1.29 is 22.6 Å². The Morgan fingerprint density at radius 1 is 1.25 bits per heavy atom. The first-order valence-corrected chi connectivity index (χ1v) is 9.68. The van der Waals surface area contributed by atoms with Crippen molar-refractivity contribution >= 4 is 10.0 Å². The van der Waals surface area contributed by atoms with Gasteiger partial charge in [0.15, 0.2) is 6.29 Å². The number of methoxy groups -OCH3 is 2. The van der Waals surface area contributed by atoms with Crippen molar-refractivity contribution in [3.8, 4) is 0 Å². The van der Waals surface area contributed by atoms with Crippen LogP contribution in [0.2, 0.25) is 0 Å². The smallest absolute Gasteiger partial charge is 0.240 e. The first-order chi connectivity index (χ1) is 11.4. The van der Waals surface area contributed by atoms with Crippen LogP contribution in [0.5, 0.6) is 0 Å². The van der Waals surface area contributed by atoms with Gasteiger partial charge in [0.25, 0.3) is 0 Å². The Bertz CT molecular complexity index is 604. The second-order valence-corrected chi connectivity index (χ2v) is 7.90. The maximum absolute atomic E-state index is 12.3. The summed E-state index contributed by atoms with van der Waals surface area (Å²) in [7, 11) is -0.287. The molecule has 1 aliphatic heterocycles. The van der Waals surface area contributed by atoms with Crippen molar-refractivity contribution in [2.75, 3.05) is 27.4 Å². The molecule has 1 N–H and O–H groups in total. The van der Waals surface area contributed by atoms with Gasteiger partial charge < -0.3 is 14.2 Å². The predicted molar refractivity (Wildman–Crippen MR) is 91.3 cm³/mol. The molecule has 0 radical (unpaired) electrons. The molecule has 0 bridgehead atoms. The van der Waals surface area contributed by atoms with E-state index in [0.29, 0.717) is 26.0 Å². The fourth-order valence-corrected chi connectivity index (χ4v) is 4.21. The number of sulfonamides is 1. The third-order valence-corrected chi connectivity index (χ3v) is 5.87. The Morgan fingerprint density at radius 2 is 1.92 bits per heavy atom. The lowest BCUT2D eigenvalue weighted by Crippen LogP contribution is -2.44. The second kappa shape index (κ2) is 8.40. The zero-order valence-electron chi connectivity index (χ0n) is 14.6. The minimum atomic E-state index is -3.48. The van der Waals surface area contributed by atoms with E-state index in [1.54, 1.807) is 38.5 Å². The highest BCUT2D eigenvalue weighted by atomic mass is 32.2. The predicted octanol–water partition coefficient (Wildman–Crippen LogP) is 2.22. The van der Waals surface area contributed by atoms with E-state index in [2.05, 4.69) is 4.72 Å². The zero-order valence-corrected chi connectivity index (χ0v) is 15.4. The molecule has 0 spiro atoms. The Balaban J connectivity index is 1.90. The Morgan fingerprint density at radius 3 is 2.46 bits per heavy atom. The highest BCUT2D eigenvalue weighted by molar-refractivity contribution is 7.89.